The van der Waals surface area contributed by atoms with Crippen molar-refractivity contribution < 1.29 is 14.6 Å². The Morgan fingerprint density at radius 2 is 2.17 bits per heavy atom. The van der Waals surface area contributed by atoms with E-state index in [1.807, 2.05) is 12.2 Å². The van der Waals surface area contributed by atoms with Crippen LogP contribution in [0.1, 0.15) is 33.6 Å². The molecule has 0 amide bonds. The smallest absolute Gasteiger partial charge is 0.338 e. The molecule has 1 saturated heterocycles. The Kier molecular flexibility index (Phi) is 2.31. The summed E-state index contributed by atoms with van der Waals surface area (Å²) in [6, 6.07) is 0. The quantitative estimate of drug-likeness (QED) is 0.669. The van der Waals surface area contributed by atoms with Gasteiger partial charge in [-0.1, -0.05) is 26.8 Å². The minimum absolute atomic E-state index is 0.152. The fraction of sp³-hybridized carbons (Fsp3) is 0.667. The lowest BCUT2D eigenvalue weighted by Crippen LogP contribution is -2.34. The number of fused-ring (bicyclic) bond motifs is 2. The van der Waals surface area contributed by atoms with E-state index in [1.54, 1.807) is 0 Å². The Morgan fingerprint density at radius 1 is 1.44 bits per heavy atom. The topological polar surface area (TPSA) is 46.5 Å². The van der Waals surface area contributed by atoms with E-state index in [4.69, 9.17) is 4.74 Å². The maximum Gasteiger partial charge on any atom is 0.338 e. The van der Waals surface area contributed by atoms with Crippen LogP contribution in [0.4, 0.5) is 0 Å². The van der Waals surface area contributed by atoms with Gasteiger partial charge in [-0.25, -0.2) is 4.79 Å². The number of allylic oxidation sites excluding steroid dienone is 1. The van der Waals surface area contributed by atoms with Gasteiger partial charge in [0.15, 0.2) is 0 Å². The predicted molar refractivity (Wildman–Crippen MR) is 67.7 cm³/mol. The Balaban J connectivity index is 2.07. The molecule has 1 saturated carbocycles. The third-order valence-electron chi connectivity index (χ3n) is 4.59. The lowest BCUT2D eigenvalue weighted by atomic mass is 9.82. The van der Waals surface area contributed by atoms with Gasteiger partial charge in [-0.05, 0) is 36.2 Å². The summed E-state index contributed by atoms with van der Waals surface area (Å²) in [4.78, 5) is 11.6. The predicted octanol–water partition coefficient (Wildman–Crippen LogP) is 2.21. The second-order valence-electron chi connectivity index (χ2n) is 6.83. The number of ether oxygens (including phenoxy) is 1. The summed E-state index contributed by atoms with van der Waals surface area (Å²) >= 11 is 0. The number of carbonyl (C=O) groups is 1. The van der Waals surface area contributed by atoms with Crippen molar-refractivity contribution in [2.45, 2.75) is 39.2 Å². The molecule has 1 heterocycles. The van der Waals surface area contributed by atoms with Gasteiger partial charge in [0.2, 0.25) is 0 Å². The van der Waals surface area contributed by atoms with Gasteiger partial charge in [0.05, 0.1) is 11.2 Å². The van der Waals surface area contributed by atoms with Gasteiger partial charge in [0.25, 0.3) is 0 Å². The molecule has 3 atom stereocenters. The van der Waals surface area contributed by atoms with Gasteiger partial charge >= 0.3 is 5.97 Å². The van der Waals surface area contributed by atoms with Crippen molar-refractivity contribution in [1.82, 2.24) is 0 Å². The molecule has 0 radical (unpaired) electrons. The molecule has 0 aromatic rings. The van der Waals surface area contributed by atoms with Crippen LogP contribution in [0, 0.1) is 17.3 Å². The Morgan fingerprint density at radius 3 is 2.89 bits per heavy atom. The fourth-order valence-corrected chi connectivity index (χ4v) is 3.95. The van der Waals surface area contributed by atoms with Crippen LogP contribution in [0.3, 0.4) is 0 Å². The van der Waals surface area contributed by atoms with Gasteiger partial charge in [0.1, 0.15) is 6.61 Å². The Bertz CT molecular complexity index is 472. The van der Waals surface area contributed by atoms with E-state index in [0.717, 1.165) is 18.4 Å². The molecule has 2 aliphatic carbocycles. The molecule has 2 fully saturated rings. The zero-order valence-corrected chi connectivity index (χ0v) is 11.2. The van der Waals surface area contributed by atoms with Crippen LogP contribution >= 0.6 is 0 Å². The molecule has 3 heteroatoms. The average Bonchev–Trinajstić information content (AvgIpc) is 2.65. The monoisotopic (exact) mass is 248 g/mol. The SMILES string of the molecule is C[C@H]1C=C2C(=O)OCC2=C[C@]2(O)CC(C)(C)C[C@@H]12. The molecule has 98 valence electrons. The zero-order valence-electron chi connectivity index (χ0n) is 11.2. The highest BCUT2D eigenvalue weighted by atomic mass is 16.5. The van der Waals surface area contributed by atoms with E-state index in [-0.39, 0.29) is 23.2 Å². The molecule has 0 aromatic heterocycles. The molecule has 0 aromatic carbocycles. The zero-order chi connectivity index (χ0) is 13.1. The summed E-state index contributed by atoms with van der Waals surface area (Å²) < 4.78 is 5.06. The van der Waals surface area contributed by atoms with Crippen molar-refractivity contribution in [3.05, 3.63) is 23.3 Å². The minimum Gasteiger partial charge on any atom is -0.457 e. The molecule has 1 N–H and O–H groups in total. The molecule has 3 nitrogen and oxygen atoms in total. The van der Waals surface area contributed by atoms with Crippen molar-refractivity contribution in [3.63, 3.8) is 0 Å². The second-order valence-corrected chi connectivity index (χ2v) is 6.83. The van der Waals surface area contributed by atoms with E-state index in [2.05, 4.69) is 20.8 Å². The van der Waals surface area contributed by atoms with Crippen LogP contribution in [-0.2, 0) is 9.53 Å². The highest BCUT2D eigenvalue weighted by molar-refractivity contribution is 5.96. The molecule has 18 heavy (non-hydrogen) atoms. The third kappa shape index (κ3) is 1.64. The van der Waals surface area contributed by atoms with E-state index in [9.17, 15) is 9.90 Å². The Labute approximate surface area is 108 Å². The van der Waals surface area contributed by atoms with Crippen molar-refractivity contribution in [2.24, 2.45) is 17.3 Å². The molecular weight excluding hydrogens is 228 g/mol. The first-order valence-corrected chi connectivity index (χ1v) is 6.64. The number of rotatable bonds is 0. The molecular formula is C15H20O3. The van der Waals surface area contributed by atoms with Gasteiger partial charge in [0, 0.05) is 5.57 Å². The number of hydrogen-bond acceptors (Lipinski definition) is 3. The lowest BCUT2D eigenvalue weighted by molar-refractivity contribution is -0.135. The number of cyclic esters (lactones) is 1. The number of esters is 1. The van der Waals surface area contributed by atoms with Gasteiger partial charge in [-0.3, -0.25) is 0 Å². The van der Waals surface area contributed by atoms with E-state index >= 15 is 0 Å². The van der Waals surface area contributed by atoms with Crippen molar-refractivity contribution >= 4 is 5.97 Å². The third-order valence-corrected chi connectivity index (χ3v) is 4.59. The first-order valence-electron chi connectivity index (χ1n) is 6.64. The maximum absolute atomic E-state index is 11.6. The molecule has 0 bridgehead atoms. The fourth-order valence-electron chi connectivity index (χ4n) is 3.95. The van der Waals surface area contributed by atoms with Gasteiger partial charge in [-0.15, -0.1) is 0 Å². The van der Waals surface area contributed by atoms with E-state index in [0.29, 0.717) is 12.2 Å². The normalized spacial score (nSPS) is 41.4. The van der Waals surface area contributed by atoms with Crippen LogP contribution in [0.5, 0.6) is 0 Å². The first kappa shape index (κ1) is 12.0. The Hall–Kier alpha value is -1.09. The summed E-state index contributed by atoms with van der Waals surface area (Å²) in [6.45, 7) is 6.80. The molecule has 0 unspecified atom stereocenters. The lowest BCUT2D eigenvalue weighted by Gasteiger charge is -2.29. The van der Waals surface area contributed by atoms with E-state index < -0.39 is 5.60 Å². The largest absolute Gasteiger partial charge is 0.457 e. The summed E-state index contributed by atoms with van der Waals surface area (Å²) in [5.41, 5.74) is 0.905. The molecule has 0 spiro atoms. The van der Waals surface area contributed by atoms with Crippen LogP contribution in [0.2, 0.25) is 0 Å². The van der Waals surface area contributed by atoms with Gasteiger partial charge < -0.3 is 9.84 Å². The standard InChI is InChI=1S/C15H20O3/c1-9-4-11-10(7-18-13(11)16)5-15(17)8-14(2,3)6-12(9)15/h4-5,9,12,17H,6-8H2,1-3H3/t9-,12-,15-/m0/s1. The van der Waals surface area contributed by atoms with Crippen LogP contribution in [0.25, 0.3) is 0 Å². The van der Waals surface area contributed by atoms with Crippen molar-refractivity contribution in [3.8, 4) is 0 Å². The first-order chi connectivity index (χ1) is 8.31. The molecule has 1 aliphatic heterocycles. The molecule has 3 rings (SSSR count). The summed E-state index contributed by atoms with van der Waals surface area (Å²) in [5, 5.41) is 11.0. The maximum atomic E-state index is 11.6. The average molecular weight is 248 g/mol. The highest BCUT2D eigenvalue weighted by Crippen LogP contribution is 2.53. The van der Waals surface area contributed by atoms with Crippen LogP contribution in [-0.4, -0.2) is 23.3 Å². The second kappa shape index (κ2) is 3.47. The summed E-state index contributed by atoms with van der Waals surface area (Å²) in [5.74, 6) is 0.160. The summed E-state index contributed by atoms with van der Waals surface area (Å²) in [7, 11) is 0. The molecule has 3 aliphatic rings. The van der Waals surface area contributed by atoms with Crippen molar-refractivity contribution in [1.29, 1.82) is 0 Å². The van der Waals surface area contributed by atoms with Gasteiger partial charge in [-0.2, -0.15) is 0 Å². The van der Waals surface area contributed by atoms with Crippen LogP contribution in [0.15, 0.2) is 23.3 Å². The van der Waals surface area contributed by atoms with Crippen LogP contribution < -0.4 is 0 Å². The number of aliphatic hydroxyl groups is 1. The minimum atomic E-state index is -0.787. The van der Waals surface area contributed by atoms with E-state index in [1.165, 1.54) is 0 Å². The number of hydrogen-bond donors (Lipinski definition) is 1. The highest BCUT2D eigenvalue weighted by Gasteiger charge is 2.52. The number of carbonyl (C=O) groups excluding carboxylic acids is 1. The summed E-state index contributed by atoms with van der Waals surface area (Å²) in [6.07, 6.45) is 5.64. The van der Waals surface area contributed by atoms with Crippen molar-refractivity contribution in [2.75, 3.05) is 6.61 Å².